The number of nitrogens with two attached hydrogens (primary N) is 2. The standard InChI is InChI=1S/C44H72N8O9S/c1-9-11-23-44(7,22-10-2)62-33-26-35(54)52(41(33)58)25-14-12-13-17-34(53)50-36(28(3)4)40(57)49-32(16-15-24-47-42(46)59)39(56)48-31-20-18-30(19-21-31)27-61-43(60)51(8)37(29(5)6)38(45)55/h18-21,26,28-29,32,36-37,54,58H,9-17,22-25,27H2,1-8H3,(H2,45,55)(H,48,56)(H,49,57)(H,50,53)(H3,46,47,59). The summed E-state index contributed by atoms with van der Waals surface area (Å²) in [6.07, 6.45) is 6.84. The van der Waals surface area contributed by atoms with Gasteiger partial charge in [-0.25, -0.2) is 9.59 Å². The zero-order valence-corrected chi connectivity index (χ0v) is 38.7. The number of hydrogen-bond donors (Lipinski definition) is 8. The van der Waals surface area contributed by atoms with Gasteiger partial charge in [0.1, 0.15) is 24.7 Å². The Balaban J connectivity index is 1.99. The van der Waals surface area contributed by atoms with Crippen LogP contribution in [0.5, 0.6) is 11.8 Å². The largest absolute Gasteiger partial charge is 0.494 e. The number of aromatic nitrogens is 1. The Hall–Kier alpha value is -5.13. The number of primary amides is 2. The zero-order chi connectivity index (χ0) is 46.6. The summed E-state index contributed by atoms with van der Waals surface area (Å²) in [6, 6.07) is 4.59. The van der Waals surface area contributed by atoms with Gasteiger partial charge in [-0.2, -0.15) is 0 Å². The number of urea groups is 1. The number of aromatic hydroxyl groups is 2. The first-order chi connectivity index (χ1) is 29.2. The highest BCUT2D eigenvalue weighted by molar-refractivity contribution is 8.00. The van der Waals surface area contributed by atoms with Crippen LogP contribution in [0.4, 0.5) is 15.3 Å². The Labute approximate surface area is 371 Å². The van der Waals surface area contributed by atoms with E-state index in [9.17, 15) is 39.0 Å². The fourth-order valence-electron chi connectivity index (χ4n) is 7.17. The predicted octanol–water partition coefficient (Wildman–Crippen LogP) is 6.09. The molecular formula is C44H72N8O9S. The second-order valence-electron chi connectivity index (χ2n) is 16.8. The molecule has 1 aromatic heterocycles. The lowest BCUT2D eigenvalue weighted by atomic mass is 9.98. The number of hydrogen-bond acceptors (Lipinski definition) is 10. The number of likely N-dealkylation sites (N-methyl/N-ethyl adjacent to an activating group) is 1. The van der Waals surface area contributed by atoms with Gasteiger partial charge in [-0.1, -0.05) is 86.3 Å². The highest BCUT2D eigenvalue weighted by Crippen LogP contribution is 2.46. The third kappa shape index (κ3) is 17.7. The molecule has 348 valence electrons. The number of nitrogens with one attached hydrogen (secondary N) is 4. The molecule has 0 fully saturated rings. The molecule has 0 saturated heterocycles. The zero-order valence-electron chi connectivity index (χ0n) is 37.9. The van der Waals surface area contributed by atoms with Gasteiger partial charge in [0.05, 0.1) is 4.90 Å². The van der Waals surface area contributed by atoms with Crippen molar-refractivity contribution in [1.82, 2.24) is 25.4 Å². The van der Waals surface area contributed by atoms with Crippen LogP contribution in [0.2, 0.25) is 0 Å². The Morgan fingerprint density at radius 3 is 2.13 bits per heavy atom. The summed E-state index contributed by atoms with van der Waals surface area (Å²) in [7, 11) is 1.44. The molecule has 0 aliphatic rings. The summed E-state index contributed by atoms with van der Waals surface area (Å²) in [4.78, 5) is 77.7. The van der Waals surface area contributed by atoms with E-state index in [1.165, 1.54) is 11.6 Å². The van der Waals surface area contributed by atoms with Crippen molar-refractivity contribution in [2.75, 3.05) is 18.9 Å². The summed E-state index contributed by atoms with van der Waals surface area (Å²) >= 11 is 1.61. The monoisotopic (exact) mass is 889 g/mol. The van der Waals surface area contributed by atoms with Gasteiger partial charge in [0, 0.05) is 43.1 Å². The molecule has 4 atom stereocenters. The van der Waals surface area contributed by atoms with Gasteiger partial charge in [-0.15, -0.1) is 11.8 Å². The maximum atomic E-state index is 13.6. The van der Waals surface area contributed by atoms with Gasteiger partial charge < -0.3 is 47.7 Å². The van der Waals surface area contributed by atoms with Crippen LogP contribution in [0.1, 0.15) is 125 Å². The highest BCUT2D eigenvalue weighted by Gasteiger charge is 2.31. The number of carbonyl (C=O) groups excluding carboxylic acids is 6. The van der Waals surface area contributed by atoms with Gasteiger partial charge in [-0.3, -0.25) is 28.6 Å². The average Bonchev–Trinajstić information content (AvgIpc) is 3.45. The Kier molecular flexibility index (Phi) is 22.5. The third-order valence-electron chi connectivity index (χ3n) is 10.6. The molecule has 1 aromatic carbocycles. The molecule has 10 N–H and O–H groups in total. The lowest BCUT2D eigenvalue weighted by Crippen LogP contribution is -2.54. The predicted molar refractivity (Wildman–Crippen MR) is 241 cm³/mol. The van der Waals surface area contributed by atoms with Gasteiger partial charge >= 0.3 is 12.1 Å². The van der Waals surface area contributed by atoms with E-state index in [4.69, 9.17) is 16.2 Å². The Bertz CT molecular complexity index is 1770. The molecule has 0 bridgehead atoms. The molecule has 0 aliphatic heterocycles. The van der Waals surface area contributed by atoms with Crippen LogP contribution in [-0.2, 0) is 37.1 Å². The molecule has 0 saturated carbocycles. The molecule has 1 heterocycles. The molecular weight excluding hydrogens is 817 g/mol. The van der Waals surface area contributed by atoms with Crippen LogP contribution in [0.25, 0.3) is 0 Å². The lowest BCUT2D eigenvalue weighted by Gasteiger charge is -2.28. The summed E-state index contributed by atoms with van der Waals surface area (Å²) in [5.41, 5.74) is 11.7. The summed E-state index contributed by atoms with van der Waals surface area (Å²) in [5, 5.41) is 32.4. The van der Waals surface area contributed by atoms with E-state index in [1.807, 2.05) is 0 Å². The van der Waals surface area contributed by atoms with E-state index in [-0.39, 0.29) is 60.2 Å². The van der Waals surface area contributed by atoms with Crippen molar-refractivity contribution in [2.24, 2.45) is 23.3 Å². The van der Waals surface area contributed by atoms with Gasteiger partial charge in [0.2, 0.25) is 29.5 Å². The van der Waals surface area contributed by atoms with E-state index in [1.54, 1.807) is 69.8 Å². The quantitative estimate of drug-likeness (QED) is 0.0360. The number of anilines is 1. The van der Waals surface area contributed by atoms with Gasteiger partial charge in [-0.05, 0) is 68.1 Å². The van der Waals surface area contributed by atoms with Crippen molar-refractivity contribution in [3.63, 3.8) is 0 Å². The topological polar surface area (TPSA) is 260 Å². The molecule has 0 radical (unpaired) electrons. The van der Waals surface area contributed by atoms with E-state index < -0.39 is 48.0 Å². The second-order valence-corrected chi connectivity index (χ2v) is 18.4. The first-order valence-electron chi connectivity index (χ1n) is 21.8. The van der Waals surface area contributed by atoms with Gasteiger partial charge in [0.25, 0.3) is 0 Å². The molecule has 0 aliphatic carbocycles. The number of ether oxygens (including phenoxy) is 1. The fourth-order valence-corrected chi connectivity index (χ4v) is 8.62. The summed E-state index contributed by atoms with van der Waals surface area (Å²) in [6.45, 7) is 14.1. The minimum absolute atomic E-state index is 0.000377. The van der Waals surface area contributed by atoms with Crippen molar-refractivity contribution >= 4 is 53.2 Å². The maximum absolute atomic E-state index is 13.6. The van der Waals surface area contributed by atoms with Crippen LogP contribution in [-0.4, -0.2) is 91.9 Å². The number of amides is 7. The fraction of sp³-hybridized carbons (Fsp3) is 0.636. The first-order valence-corrected chi connectivity index (χ1v) is 22.6. The van der Waals surface area contributed by atoms with E-state index in [0.29, 0.717) is 48.4 Å². The molecule has 0 spiro atoms. The molecule has 4 unspecified atom stereocenters. The third-order valence-corrected chi connectivity index (χ3v) is 12.0. The first kappa shape index (κ1) is 53.0. The minimum atomic E-state index is -1.04. The van der Waals surface area contributed by atoms with Crippen molar-refractivity contribution in [3.8, 4) is 11.8 Å². The van der Waals surface area contributed by atoms with E-state index >= 15 is 0 Å². The Morgan fingerprint density at radius 1 is 0.871 bits per heavy atom. The average molecular weight is 889 g/mol. The SMILES string of the molecule is CCCCC(C)(CCC)Sc1cc(O)n(CCCCCC(=O)NC(C(=O)NC(CCCNC(N)=O)C(=O)Nc2ccc(COC(=O)N(C)C(C(N)=O)C(C)C)cc2)C(C)C)c1O. The van der Waals surface area contributed by atoms with Crippen LogP contribution in [0.3, 0.4) is 0 Å². The van der Waals surface area contributed by atoms with Crippen molar-refractivity contribution in [2.45, 2.75) is 160 Å². The van der Waals surface area contributed by atoms with Crippen LogP contribution in [0.15, 0.2) is 35.2 Å². The van der Waals surface area contributed by atoms with E-state index in [0.717, 1.165) is 37.0 Å². The molecule has 2 aromatic rings. The number of thioether (sulfide) groups is 1. The number of rotatable bonds is 28. The number of unbranched alkanes of at least 4 members (excludes halogenated alkanes) is 3. The summed E-state index contributed by atoms with van der Waals surface area (Å²) in [5.74, 6) is -2.54. The highest BCUT2D eigenvalue weighted by atomic mass is 32.2. The smallest absolute Gasteiger partial charge is 0.410 e. The molecule has 18 heteroatoms. The lowest BCUT2D eigenvalue weighted by molar-refractivity contribution is -0.132. The van der Waals surface area contributed by atoms with Crippen molar-refractivity contribution in [1.29, 1.82) is 0 Å². The Morgan fingerprint density at radius 2 is 1.55 bits per heavy atom. The van der Waals surface area contributed by atoms with Crippen LogP contribution in [0, 0.1) is 11.8 Å². The molecule has 7 amide bonds. The van der Waals surface area contributed by atoms with E-state index in [2.05, 4.69) is 42.0 Å². The van der Waals surface area contributed by atoms with Crippen LogP contribution >= 0.6 is 11.8 Å². The number of carbonyl (C=O) groups is 6. The minimum Gasteiger partial charge on any atom is -0.494 e. The molecule has 17 nitrogen and oxygen atoms in total. The maximum Gasteiger partial charge on any atom is 0.410 e. The number of benzene rings is 1. The van der Waals surface area contributed by atoms with Crippen molar-refractivity contribution < 1.29 is 43.7 Å². The molecule has 62 heavy (non-hydrogen) atoms. The number of nitrogens with zero attached hydrogens (tertiary/aromatic N) is 2. The summed E-state index contributed by atoms with van der Waals surface area (Å²) < 4.78 is 6.81. The normalized spacial score (nSPS) is 13.7. The van der Waals surface area contributed by atoms with Crippen molar-refractivity contribution in [3.05, 3.63) is 35.9 Å². The second kappa shape index (κ2) is 26.4. The van der Waals surface area contributed by atoms with Crippen LogP contribution < -0.4 is 32.7 Å². The van der Waals surface area contributed by atoms with Gasteiger partial charge in [0.15, 0.2) is 5.88 Å². The molecule has 2 rings (SSSR count).